The third-order valence-corrected chi connectivity index (χ3v) is 7.21. The second kappa shape index (κ2) is 6.10. The van der Waals surface area contributed by atoms with Crippen LogP contribution < -0.4 is 0 Å². The standard InChI is InChI=1S/C23H24N2OS/c1-13-8-14(2)10-16(9-13)20-11-17-12-21(27-22(17)24-20)15(3)23(26)25-18-4-5-19(25)7-6-18/h8-12,18-19,24H,3-7H2,1-2H3. The van der Waals surface area contributed by atoms with Gasteiger partial charge in [0.25, 0.3) is 5.91 Å². The summed E-state index contributed by atoms with van der Waals surface area (Å²) in [6.07, 6.45) is 4.64. The lowest BCUT2D eigenvalue weighted by molar-refractivity contribution is -0.126. The Morgan fingerprint density at radius 2 is 1.67 bits per heavy atom. The zero-order valence-corrected chi connectivity index (χ0v) is 16.7. The first-order valence-corrected chi connectivity index (χ1v) is 10.5. The fourth-order valence-electron chi connectivity index (χ4n) is 4.86. The number of hydrogen-bond donors (Lipinski definition) is 1. The van der Waals surface area contributed by atoms with Crippen LogP contribution in [0.5, 0.6) is 0 Å². The summed E-state index contributed by atoms with van der Waals surface area (Å²) in [6.45, 7) is 8.40. The highest BCUT2D eigenvalue weighted by atomic mass is 32.1. The molecule has 27 heavy (non-hydrogen) atoms. The van der Waals surface area contributed by atoms with Crippen molar-refractivity contribution in [1.29, 1.82) is 0 Å². The Balaban J connectivity index is 1.43. The first kappa shape index (κ1) is 16.8. The average molecular weight is 377 g/mol. The van der Waals surface area contributed by atoms with Crippen molar-refractivity contribution in [2.24, 2.45) is 0 Å². The van der Waals surface area contributed by atoms with E-state index in [2.05, 4.69) is 60.6 Å². The van der Waals surface area contributed by atoms with Gasteiger partial charge in [-0.2, -0.15) is 0 Å². The Morgan fingerprint density at radius 3 is 2.26 bits per heavy atom. The lowest BCUT2D eigenvalue weighted by atomic mass is 10.0. The van der Waals surface area contributed by atoms with Crippen molar-refractivity contribution >= 4 is 33.0 Å². The van der Waals surface area contributed by atoms with Gasteiger partial charge in [0, 0.05) is 33.6 Å². The van der Waals surface area contributed by atoms with Gasteiger partial charge in [0.15, 0.2) is 0 Å². The number of nitrogens with one attached hydrogen (secondary N) is 1. The maximum absolute atomic E-state index is 13.0. The van der Waals surface area contributed by atoms with Crippen molar-refractivity contribution < 1.29 is 4.79 Å². The van der Waals surface area contributed by atoms with Crippen LogP contribution in [0.1, 0.15) is 41.7 Å². The van der Waals surface area contributed by atoms with Crippen molar-refractivity contribution in [3.05, 3.63) is 52.9 Å². The normalized spacial score (nSPS) is 21.3. The second-order valence-electron chi connectivity index (χ2n) is 8.11. The average Bonchev–Trinajstić information content (AvgIpc) is 3.38. The molecule has 2 saturated heterocycles. The van der Waals surface area contributed by atoms with Gasteiger partial charge < -0.3 is 9.88 Å². The molecule has 1 amide bonds. The van der Waals surface area contributed by atoms with E-state index < -0.39 is 0 Å². The molecule has 0 atom stereocenters. The molecule has 0 saturated carbocycles. The van der Waals surface area contributed by atoms with Crippen LogP contribution in [0.25, 0.3) is 27.0 Å². The van der Waals surface area contributed by atoms with Gasteiger partial charge in [-0.15, -0.1) is 11.3 Å². The van der Waals surface area contributed by atoms with Crippen LogP contribution in [0.4, 0.5) is 0 Å². The molecular formula is C23H24N2OS. The van der Waals surface area contributed by atoms with Crippen LogP contribution in [0.15, 0.2) is 36.9 Å². The molecule has 2 aliphatic rings. The van der Waals surface area contributed by atoms with Crippen molar-refractivity contribution in [2.75, 3.05) is 0 Å². The highest BCUT2D eigenvalue weighted by Crippen LogP contribution is 2.40. The molecule has 2 aromatic heterocycles. The van der Waals surface area contributed by atoms with Crippen LogP contribution in [0, 0.1) is 13.8 Å². The number of carbonyl (C=O) groups is 1. The summed E-state index contributed by atoms with van der Waals surface area (Å²) in [5.74, 6) is 0.137. The molecule has 4 heterocycles. The molecule has 1 N–H and O–H groups in total. The molecule has 138 valence electrons. The third kappa shape index (κ3) is 2.74. The SMILES string of the molecule is C=C(C(=O)N1C2CCC1CC2)c1cc2cc(-c3cc(C)cc(C)c3)[nH]c2s1. The summed E-state index contributed by atoms with van der Waals surface area (Å²) in [6, 6.07) is 11.8. The van der Waals surface area contributed by atoms with E-state index in [9.17, 15) is 4.79 Å². The maximum Gasteiger partial charge on any atom is 0.255 e. The van der Waals surface area contributed by atoms with Crippen LogP contribution >= 0.6 is 11.3 Å². The number of benzene rings is 1. The summed E-state index contributed by atoms with van der Waals surface area (Å²) >= 11 is 1.64. The van der Waals surface area contributed by atoms with Crippen LogP contribution in [0.2, 0.25) is 0 Å². The number of H-pyrrole nitrogens is 1. The number of thiophene rings is 1. The number of aryl methyl sites for hydroxylation is 2. The molecule has 2 fully saturated rings. The van der Waals surface area contributed by atoms with Crippen molar-refractivity contribution in [3.8, 4) is 11.3 Å². The van der Waals surface area contributed by atoms with Gasteiger partial charge in [0.2, 0.25) is 0 Å². The van der Waals surface area contributed by atoms with Crippen molar-refractivity contribution in [2.45, 2.75) is 51.6 Å². The molecular weight excluding hydrogens is 352 g/mol. The van der Waals surface area contributed by atoms with Crippen molar-refractivity contribution in [1.82, 2.24) is 9.88 Å². The molecule has 0 unspecified atom stereocenters. The number of rotatable bonds is 3. The summed E-state index contributed by atoms with van der Waals surface area (Å²) in [4.78, 5) is 20.7. The minimum absolute atomic E-state index is 0.137. The van der Waals surface area contributed by atoms with Gasteiger partial charge in [-0.3, -0.25) is 4.79 Å². The molecule has 1 aromatic carbocycles. The first-order chi connectivity index (χ1) is 13.0. The van der Waals surface area contributed by atoms with E-state index >= 15 is 0 Å². The minimum Gasteiger partial charge on any atom is -0.346 e. The fourth-order valence-corrected chi connectivity index (χ4v) is 5.88. The van der Waals surface area contributed by atoms with Crippen LogP contribution in [-0.4, -0.2) is 27.9 Å². The predicted molar refractivity (Wildman–Crippen MR) is 113 cm³/mol. The largest absolute Gasteiger partial charge is 0.346 e. The van der Waals surface area contributed by atoms with E-state index in [1.54, 1.807) is 11.3 Å². The Hall–Kier alpha value is -2.33. The molecule has 2 bridgehead atoms. The molecule has 0 spiro atoms. The zero-order valence-electron chi connectivity index (χ0n) is 15.8. The monoisotopic (exact) mass is 376 g/mol. The number of nitrogens with zero attached hydrogens (tertiary/aromatic N) is 1. The molecule has 5 rings (SSSR count). The molecule has 3 nitrogen and oxygen atoms in total. The highest BCUT2D eigenvalue weighted by molar-refractivity contribution is 7.20. The number of aromatic nitrogens is 1. The number of carbonyl (C=O) groups excluding carboxylic acids is 1. The van der Waals surface area contributed by atoms with E-state index in [4.69, 9.17) is 0 Å². The Kier molecular flexibility index (Phi) is 3.80. The third-order valence-electron chi connectivity index (χ3n) is 6.08. The predicted octanol–water partition coefficient (Wildman–Crippen LogP) is 5.68. The smallest absolute Gasteiger partial charge is 0.255 e. The number of aromatic amines is 1. The first-order valence-electron chi connectivity index (χ1n) is 9.73. The topological polar surface area (TPSA) is 36.1 Å². The van der Waals surface area contributed by atoms with Crippen LogP contribution in [-0.2, 0) is 4.79 Å². The molecule has 4 heteroatoms. The zero-order chi connectivity index (χ0) is 18.7. The van der Waals surface area contributed by atoms with E-state index in [1.165, 1.54) is 16.7 Å². The van der Waals surface area contributed by atoms with Gasteiger partial charge >= 0.3 is 0 Å². The maximum atomic E-state index is 13.0. The molecule has 3 aromatic rings. The lowest BCUT2D eigenvalue weighted by Gasteiger charge is -2.22. The Bertz CT molecular complexity index is 1000. The molecule has 0 radical (unpaired) electrons. The Morgan fingerprint density at radius 1 is 1.04 bits per heavy atom. The second-order valence-corrected chi connectivity index (χ2v) is 9.16. The van der Waals surface area contributed by atoms with Crippen molar-refractivity contribution in [3.63, 3.8) is 0 Å². The summed E-state index contributed by atoms with van der Waals surface area (Å²) in [7, 11) is 0. The fraction of sp³-hybridized carbons (Fsp3) is 0.348. The van der Waals surface area contributed by atoms with Gasteiger partial charge in [0.1, 0.15) is 4.83 Å². The number of amides is 1. The Labute approximate surface area is 163 Å². The van der Waals surface area contributed by atoms with E-state index in [-0.39, 0.29) is 5.91 Å². The van der Waals surface area contributed by atoms with E-state index in [1.807, 2.05) is 0 Å². The quantitative estimate of drug-likeness (QED) is 0.587. The van der Waals surface area contributed by atoms with Gasteiger partial charge in [-0.05, 0) is 69.4 Å². The van der Waals surface area contributed by atoms with E-state index in [0.717, 1.165) is 46.5 Å². The van der Waals surface area contributed by atoms with Gasteiger partial charge in [-0.1, -0.05) is 23.8 Å². The van der Waals surface area contributed by atoms with Gasteiger partial charge in [-0.25, -0.2) is 0 Å². The minimum atomic E-state index is 0.137. The summed E-state index contributed by atoms with van der Waals surface area (Å²) in [5.41, 5.74) is 5.52. The van der Waals surface area contributed by atoms with Crippen LogP contribution in [0.3, 0.4) is 0 Å². The van der Waals surface area contributed by atoms with E-state index in [0.29, 0.717) is 17.7 Å². The number of hydrogen-bond acceptors (Lipinski definition) is 2. The summed E-state index contributed by atoms with van der Waals surface area (Å²) < 4.78 is 0. The number of fused-ring (bicyclic) bond motifs is 3. The summed E-state index contributed by atoms with van der Waals surface area (Å²) in [5, 5.41) is 1.16. The lowest BCUT2D eigenvalue weighted by Crippen LogP contribution is -2.35. The molecule has 2 aliphatic heterocycles. The highest BCUT2D eigenvalue weighted by Gasteiger charge is 2.42. The van der Waals surface area contributed by atoms with Gasteiger partial charge in [0.05, 0.1) is 0 Å². The molecule has 0 aliphatic carbocycles.